The first kappa shape index (κ1) is 16.0. The van der Waals surface area contributed by atoms with Gasteiger partial charge < -0.3 is 5.32 Å². The summed E-state index contributed by atoms with van der Waals surface area (Å²) in [5, 5.41) is 7.33. The molecular formula is C17H19ClFN3O. The fourth-order valence-electron chi connectivity index (χ4n) is 2.49. The van der Waals surface area contributed by atoms with Crippen molar-refractivity contribution >= 4 is 23.2 Å². The molecule has 0 saturated heterocycles. The maximum Gasteiger partial charge on any atom is 0.276 e. The summed E-state index contributed by atoms with van der Waals surface area (Å²) in [6.07, 6.45) is 2.26. The largest absolute Gasteiger partial charge is 0.319 e. The molecule has 1 aliphatic carbocycles. The Morgan fingerprint density at radius 1 is 1.35 bits per heavy atom. The van der Waals surface area contributed by atoms with Gasteiger partial charge in [0.05, 0.1) is 16.2 Å². The lowest BCUT2D eigenvalue weighted by molar-refractivity contribution is 0.102. The molecule has 2 aromatic rings. The fraction of sp³-hybridized carbons (Fsp3) is 0.412. The summed E-state index contributed by atoms with van der Waals surface area (Å²) in [6, 6.07) is 5.71. The lowest BCUT2D eigenvalue weighted by atomic mass is 10.1. The van der Waals surface area contributed by atoms with Crippen LogP contribution in [0.1, 0.15) is 55.7 Å². The first-order chi connectivity index (χ1) is 10.8. The number of rotatable bonds is 3. The van der Waals surface area contributed by atoms with Crippen molar-refractivity contribution in [2.24, 2.45) is 0 Å². The second kappa shape index (κ2) is 5.64. The first-order valence-corrected chi connectivity index (χ1v) is 8.00. The molecule has 1 saturated carbocycles. The van der Waals surface area contributed by atoms with Crippen molar-refractivity contribution in [3.63, 3.8) is 0 Å². The predicted octanol–water partition coefficient (Wildman–Crippen LogP) is 4.56. The molecule has 3 rings (SSSR count). The van der Waals surface area contributed by atoms with Gasteiger partial charge in [0, 0.05) is 11.6 Å². The van der Waals surface area contributed by atoms with Crippen LogP contribution in [0.15, 0.2) is 24.3 Å². The zero-order chi connectivity index (χ0) is 16.8. The summed E-state index contributed by atoms with van der Waals surface area (Å²) < 4.78 is 15.0. The van der Waals surface area contributed by atoms with Gasteiger partial charge in [0.2, 0.25) is 0 Å². The predicted molar refractivity (Wildman–Crippen MR) is 88.6 cm³/mol. The SMILES string of the molecule is CC(C)(C)n1nc(C(=O)Nc2ccc(F)cc2Cl)cc1C1CC1. The molecule has 23 heavy (non-hydrogen) atoms. The molecule has 0 atom stereocenters. The van der Waals surface area contributed by atoms with Crippen molar-refractivity contribution in [2.45, 2.75) is 45.1 Å². The molecule has 0 spiro atoms. The Morgan fingerprint density at radius 3 is 2.61 bits per heavy atom. The Hall–Kier alpha value is -1.88. The van der Waals surface area contributed by atoms with Crippen molar-refractivity contribution < 1.29 is 9.18 Å². The number of carbonyl (C=O) groups is 1. The fourth-order valence-corrected chi connectivity index (χ4v) is 2.71. The molecule has 6 heteroatoms. The molecule has 0 unspecified atom stereocenters. The molecule has 0 radical (unpaired) electrons. The Morgan fingerprint density at radius 2 is 2.04 bits per heavy atom. The molecule has 1 N–H and O–H groups in total. The maximum atomic E-state index is 13.1. The second-order valence-electron chi connectivity index (χ2n) is 6.89. The number of nitrogens with zero attached hydrogens (tertiary/aromatic N) is 2. The van der Waals surface area contributed by atoms with E-state index in [9.17, 15) is 9.18 Å². The third kappa shape index (κ3) is 3.39. The van der Waals surface area contributed by atoms with E-state index >= 15 is 0 Å². The van der Waals surface area contributed by atoms with Crippen molar-refractivity contribution in [2.75, 3.05) is 5.32 Å². The van der Waals surface area contributed by atoms with Crippen molar-refractivity contribution in [3.8, 4) is 0 Å². The van der Waals surface area contributed by atoms with Gasteiger partial charge in [-0.3, -0.25) is 9.48 Å². The Balaban J connectivity index is 1.88. The topological polar surface area (TPSA) is 46.9 Å². The molecule has 4 nitrogen and oxygen atoms in total. The van der Waals surface area contributed by atoms with E-state index in [-0.39, 0.29) is 16.5 Å². The Bertz CT molecular complexity index is 760. The highest BCUT2D eigenvalue weighted by atomic mass is 35.5. The zero-order valence-corrected chi connectivity index (χ0v) is 14.1. The van der Waals surface area contributed by atoms with Gasteiger partial charge in [0.1, 0.15) is 5.82 Å². The van der Waals surface area contributed by atoms with Crippen molar-refractivity contribution in [1.29, 1.82) is 0 Å². The molecule has 1 aromatic heterocycles. The van der Waals surface area contributed by atoms with Gasteiger partial charge in [0.15, 0.2) is 5.69 Å². The van der Waals surface area contributed by atoms with Crippen LogP contribution in [0, 0.1) is 5.82 Å². The molecule has 1 aromatic carbocycles. The molecule has 1 aliphatic rings. The van der Waals surface area contributed by atoms with Gasteiger partial charge in [0.25, 0.3) is 5.91 Å². The van der Waals surface area contributed by atoms with Crippen molar-refractivity contribution in [3.05, 3.63) is 46.5 Å². The number of hydrogen-bond acceptors (Lipinski definition) is 2. The third-order valence-corrected chi connectivity index (χ3v) is 4.09. The summed E-state index contributed by atoms with van der Waals surface area (Å²) in [4.78, 5) is 12.4. The lowest BCUT2D eigenvalue weighted by Crippen LogP contribution is -2.25. The monoisotopic (exact) mass is 335 g/mol. The minimum absolute atomic E-state index is 0.163. The average molecular weight is 336 g/mol. The van der Waals surface area contributed by atoms with E-state index in [1.807, 2.05) is 10.7 Å². The molecule has 0 aliphatic heterocycles. The maximum absolute atomic E-state index is 13.1. The molecule has 122 valence electrons. The van der Waals surface area contributed by atoms with Gasteiger partial charge in [-0.15, -0.1) is 0 Å². The smallest absolute Gasteiger partial charge is 0.276 e. The van der Waals surface area contributed by atoms with E-state index in [1.54, 1.807) is 0 Å². The summed E-state index contributed by atoms with van der Waals surface area (Å²) in [5.41, 5.74) is 1.62. The highest BCUT2D eigenvalue weighted by Crippen LogP contribution is 2.41. The summed E-state index contributed by atoms with van der Waals surface area (Å²) in [7, 11) is 0. The van der Waals surface area contributed by atoms with Crippen LogP contribution in [0.2, 0.25) is 5.02 Å². The van der Waals surface area contributed by atoms with Crippen LogP contribution >= 0.6 is 11.6 Å². The summed E-state index contributed by atoms with van der Waals surface area (Å²) in [6.45, 7) is 6.18. The quantitative estimate of drug-likeness (QED) is 0.893. The van der Waals surface area contributed by atoms with Crippen LogP contribution in [0.3, 0.4) is 0 Å². The number of carbonyl (C=O) groups excluding carboxylic acids is 1. The number of halogens is 2. The Kier molecular flexibility index (Phi) is 3.92. The first-order valence-electron chi connectivity index (χ1n) is 7.62. The van der Waals surface area contributed by atoms with E-state index < -0.39 is 5.82 Å². The minimum Gasteiger partial charge on any atom is -0.319 e. The number of amides is 1. The molecular weight excluding hydrogens is 317 g/mol. The number of benzene rings is 1. The Labute approximate surface area is 139 Å². The van der Waals surface area contributed by atoms with Crippen LogP contribution in [0.5, 0.6) is 0 Å². The van der Waals surface area contributed by atoms with Crippen molar-refractivity contribution in [1.82, 2.24) is 9.78 Å². The summed E-state index contributed by atoms with van der Waals surface area (Å²) in [5.74, 6) is -0.304. The number of nitrogens with one attached hydrogen (secondary N) is 1. The zero-order valence-electron chi connectivity index (χ0n) is 13.4. The van der Waals surface area contributed by atoms with Crippen LogP contribution in [0.4, 0.5) is 10.1 Å². The van der Waals surface area contributed by atoms with E-state index in [4.69, 9.17) is 11.6 Å². The van der Waals surface area contributed by atoms with Crippen LogP contribution in [-0.4, -0.2) is 15.7 Å². The van der Waals surface area contributed by atoms with Gasteiger partial charge in [-0.25, -0.2) is 4.39 Å². The van der Waals surface area contributed by atoms with Crippen LogP contribution in [-0.2, 0) is 5.54 Å². The van der Waals surface area contributed by atoms with E-state index in [0.717, 1.165) is 18.5 Å². The van der Waals surface area contributed by atoms with Gasteiger partial charge in [-0.2, -0.15) is 5.10 Å². The minimum atomic E-state index is -0.443. The number of anilines is 1. The van der Waals surface area contributed by atoms with E-state index in [1.165, 1.54) is 18.2 Å². The van der Waals surface area contributed by atoms with Crippen LogP contribution in [0.25, 0.3) is 0 Å². The molecule has 1 heterocycles. The van der Waals surface area contributed by atoms with Gasteiger partial charge >= 0.3 is 0 Å². The summed E-state index contributed by atoms with van der Waals surface area (Å²) >= 11 is 5.95. The van der Waals surface area contributed by atoms with Gasteiger partial charge in [-0.1, -0.05) is 11.6 Å². The number of hydrogen-bond donors (Lipinski definition) is 1. The average Bonchev–Trinajstić information content (AvgIpc) is 3.18. The van der Waals surface area contributed by atoms with E-state index in [0.29, 0.717) is 17.3 Å². The lowest BCUT2D eigenvalue weighted by Gasteiger charge is -2.22. The number of aromatic nitrogens is 2. The molecule has 0 bridgehead atoms. The van der Waals surface area contributed by atoms with Gasteiger partial charge in [-0.05, 0) is 57.9 Å². The highest BCUT2D eigenvalue weighted by Gasteiger charge is 2.32. The molecule has 1 amide bonds. The third-order valence-electron chi connectivity index (χ3n) is 3.78. The second-order valence-corrected chi connectivity index (χ2v) is 7.30. The van der Waals surface area contributed by atoms with Crippen LogP contribution < -0.4 is 5.32 Å². The molecule has 1 fully saturated rings. The normalized spacial score (nSPS) is 14.8. The van der Waals surface area contributed by atoms with E-state index in [2.05, 4.69) is 31.2 Å². The highest BCUT2D eigenvalue weighted by molar-refractivity contribution is 6.33. The standard InChI is InChI=1S/C17H19ClFN3O/c1-17(2,3)22-15(10-4-5-10)9-14(21-22)16(23)20-13-7-6-11(19)8-12(13)18/h6-10H,4-5H2,1-3H3,(H,20,23).